The van der Waals surface area contributed by atoms with Crippen molar-refractivity contribution in [1.29, 1.82) is 0 Å². The Bertz CT molecular complexity index is 645. The van der Waals surface area contributed by atoms with Gasteiger partial charge in [0.25, 0.3) is 6.43 Å². The Morgan fingerprint density at radius 1 is 1.29 bits per heavy atom. The van der Waals surface area contributed by atoms with Gasteiger partial charge in [0.2, 0.25) is 0 Å². The van der Waals surface area contributed by atoms with E-state index in [1.807, 2.05) is 6.07 Å². The van der Waals surface area contributed by atoms with Gasteiger partial charge < -0.3 is 9.47 Å². The van der Waals surface area contributed by atoms with Gasteiger partial charge in [0.1, 0.15) is 11.4 Å². The molecule has 1 aromatic carbocycles. The largest absolute Gasteiger partial charge is 0.497 e. The van der Waals surface area contributed by atoms with E-state index in [0.717, 1.165) is 37.9 Å². The summed E-state index contributed by atoms with van der Waals surface area (Å²) in [6, 6.07) is 6.09. The van der Waals surface area contributed by atoms with E-state index in [0.29, 0.717) is 0 Å². The number of fused-ring (bicyclic) bond motifs is 4. The lowest BCUT2D eigenvalue weighted by Crippen LogP contribution is -2.45. The van der Waals surface area contributed by atoms with E-state index >= 15 is 0 Å². The molecule has 24 heavy (non-hydrogen) atoms. The number of methoxy groups -OCH3 is 1. The minimum absolute atomic E-state index is 0.0540. The first kappa shape index (κ1) is 16.1. The molecule has 0 aromatic heterocycles. The monoisotopic (exact) mass is 334 g/mol. The number of halogens is 2. The second-order valence-corrected chi connectivity index (χ2v) is 7.38. The topological polar surface area (TPSA) is 18.5 Å². The highest BCUT2D eigenvalue weighted by molar-refractivity contribution is 5.37. The fourth-order valence-corrected chi connectivity index (χ4v) is 5.37. The zero-order chi connectivity index (χ0) is 16.9. The summed E-state index contributed by atoms with van der Waals surface area (Å²) in [6.45, 7) is 3.79. The molecule has 4 rings (SSSR count). The molecule has 1 saturated carbocycles. The second-order valence-electron chi connectivity index (χ2n) is 7.38. The van der Waals surface area contributed by atoms with Gasteiger partial charge in [0.05, 0.1) is 13.2 Å². The van der Waals surface area contributed by atoms with Crippen LogP contribution in [-0.2, 0) is 17.6 Å². The highest BCUT2D eigenvalue weighted by atomic mass is 19.3. The van der Waals surface area contributed by atoms with Gasteiger partial charge in [-0.05, 0) is 67.2 Å². The Balaban J connectivity index is 1.67. The molecule has 4 heteroatoms. The highest BCUT2D eigenvalue weighted by Crippen LogP contribution is 2.59. The fraction of sp³-hybridized carbons (Fsp3) is 0.600. The molecule has 1 aromatic rings. The van der Waals surface area contributed by atoms with Crippen molar-refractivity contribution in [3.63, 3.8) is 0 Å². The van der Waals surface area contributed by atoms with E-state index in [1.165, 1.54) is 11.1 Å². The van der Waals surface area contributed by atoms with Crippen LogP contribution in [0, 0.1) is 17.8 Å². The lowest BCUT2D eigenvalue weighted by atomic mass is 9.77. The van der Waals surface area contributed by atoms with Crippen LogP contribution in [0.5, 0.6) is 5.75 Å². The predicted molar refractivity (Wildman–Crippen MR) is 88.5 cm³/mol. The van der Waals surface area contributed by atoms with Gasteiger partial charge in [-0.15, -0.1) is 6.58 Å². The van der Waals surface area contributed by atoms with Gasteiger partial charge in [-0.3, -0.25) is 0 Å². The molecule has 0 amide bonds. The van der Waals surface area contributed by atoms with Crippen molar-refractivity contribution < 1.29 is 18.3 Å². The summed E-state index contributed by atoms with van der Waals surface area (Å²) in [4.78, 5) is 0. The number of hydrogen-bond acceptors (Lipinski definition) is 2. The average molecular weight is 334 g/mol. The van der Waals surface area contributed by atoms with Crippen LogP contribution >= 0.6 is 0 Å². The number of benzene rings is 1. The molecule has 130 valence electrons. The Morgan fingerprint density at radius 3 is 2.83 bits per heavy atom. The van der Waals surface area contributed by atoms with E-state index in [1.54, 1.807) is 13.2 Å². The first-order valence-corrected chi connectivity index (χ1v) is 8.84. The van der Waals surface area contributed by atoms with Crippen molar-refractivity contribution in [2.24, 2.45) is 17.8 Å². The summed E-state index contributed by atoms with van der Waals surface area (Å²) in [5.41, 5.74) is 1.18. The van der Waals surface area contributed by atoms with Gasteiger partial charge in [0.15, 0.2) is 0 Å². The second kappa shape index (κ2) is 5.83. The van der Waals surface area contributed by atoms with Crippen LogP contribution < -0.4 is 4.74 Å². The molecule has 0 bridgehead atoms. The van der Waals surface area contributed by atoms with E-state index in [9.17, 15) is 8.78 Å². The van der Waals surface area contributed by atoms with Crippen molar-refractivity contribution in [1.82, 2.24) is 0 Å². The normalized spacial score (nSPS) is 37.5. The SMILES string of the molecule is C=C[C@@H]1CC[C@H]2[C@@H]3CCc4cc(OC)ccc4C[C@H]3O[C@@]12C(F)F. The van der Waals surface area contributed by atoms with Crippen LogP contribution in [0.2, 0.25) is 0 Å². The van der Waals surface area contributed by atoms with E-state index in [-0.39, 0.29) is 23.9 Å². The summed E-state index contributed by atoms with van der Waals surface area (Å²) in [5, 5.41) is 0. The first-order valence-electron chi connectivity index (χ1n) is 8.84. The van der Waals surface area contributed by atoms with Gasteiger partial charge in [-0.1, -0.05) is 12.1 Å². The smallest absolute Gasteiger partial charge is 0.267 e. The quantitative estimate of drug-likeness (QED) is 0.762. The van der Waals surface area contributed by atoms with Crippen molar-refractivity contribution in [3.05, 3.63) is 42.0 Å². The molecule has 0 radical (unpaired) electrons. The van der Waals surface area contributed by atoms with Gasteiger partial charge >= 0.3 is 0 Å². The molecule has 0 spiro atoms. The number of ether oxygens (including phenoxy) is 2. The minimum atomic E-state index is -2.45. The molecule has 2 fully saturated rings. The van der Waals surface area contributed by atoms with Crippen molar-refractivity contribution in [3.8, 4) is 5.75 Å². The third-order valence-electron chi connectivity index (χ3n) is 6.50. The lowest BCUT2D eigenvalue weighted by molar-refractivity contribution is -0.156. The van der Waals surface area contributed by atoms with Crippen molar-refractivity contribution >= 4 is 0 Å². The highest BCUT2D eigenvalue weighted by Gasteiger charge is 2.65. The summed E-state index contributed by atoms with van der Waals surface area (Å²) in [6.07, 6.45) is 3.26. The molecule has 2 nitrogen and oxygen atoms in total. The maximum Gasteiger partial charge on any atom is 0.267 e. The molecule has 1 aliphatic heterocycles. The van der Waals surface area contributed by atoms with Crippen LogP contribution in [0.1, 0.15) is 30.4 Å². The van der Waals surface area contributed by atoms with Crippen LogP contribution in [0.15, 0.2) is 30.9 Å². The Morgan fingerprint density at radius 2 is 2.12 bits per heavy atom. The molecular weight excluding hydrogens is 310 g/mol. The number of hydrogen-bond donors (Lipinski definition) is 0. The first-order chi connectivity index (χ1) is 11.6. The minimum Gasteiger partial charge on any atom is -0.497 e. The summed E-state index contributed by atoms with van der Waals surface area (Å²) in [7, 11) is 1.67. The Hall–Kier alpha value is -1.42. The molecule has 0 N–H and O–H groups in total. The van der Waals surface area contributed by atoms with Crippen molar-refractivity contribution in [2.75, 3.05) is 7.11 Å². The molecule has 2 aliphatic carbocycles. The van der Waals surface area contributed by atoms with Gasteiger partial charge in [-0.25, -0.2) is 8.78 Å². The Labute approximate surface area is 141 Å². The standard InChI is InChI=1S/C20H24F2O2/c1-3-14-6-9-17-16-8-5-12-10-15(23-2)7-4-13(12)11-18(16)24-20(14,17)19(21)22/h3-4,7,10,14,16-19H,1,5-6,8-9,11H2,2H3/t14-,16+,17+,18-,20+/m1/s1. The molecule has 0 unspecified atom stereocenters. The molecule has 1 saturated heterocycles. The van der Waals surface area contributed by atoms with Gasteiger partial charge in [0, 0.05) is 5.92 Å². The zero-order valence-electron chi connectivity index (χ0n) is 14.0. The number of aryl methyl sites for hydroxylation is 1. The maximum absolute atomic E-state index is 14.1. The van der Waals surface area contributed by atoms with Crippen molar-refractivity contribution in [2.45, 2.75) is 50.2 Å². The van der Waals surface area contributed by atoms with Crippen LogP contribution in [0.3, 0.4) is 0 Å². The summed E-state index contributed by atoms with van der Waals surface area (Å²) >= 11 is 0. The van der Waals surface area contributed by atoms with Crippen LogP contribution in [0.4, 0.5) is 8.78 Å². The molecule has 1 heterocycles. The van der Waals surface area contributed by atoms with Crippen LogP contribution in [-0.4, -0.2) is 25.2 Å². The Kier molecular flexibility index (Phi) is 3.91. The van der Waals surface area contributed by atoms with Crippen LogP contribution in [0.25, 0.3) is 0 Å². The van der Waals surface area contributed by atoms with E-state index in [4.69, 9.17) is 9.47 Å². The zero-order valence-corrected chi connectivity index (χ0v) is 14.0. The molecular formula is C20H24F2O2. The van der Waals surface area contributed by atoms with E-state index in [2.05, 4.69) is 18.7 Å². The third-order valence-corrected chi connectivity index (χ3v) is 6.50. The number of alkyl halides is 2. The molecule has 3 aliphatic rings. The summed E-state index contributed by atoms with van der Waals surface area (Å²) < 4.78 is 39.6. The predicted octanol–water partition coefficient (Wildman–Crippen LogP) is 4.42. The maximum atomic E-state index is 14.1. The third kappa shape index (κ3) is 2.15. The molecule has 5 atom stereocenters. The van der Waals surface area contributed by atoms with Gasteiger partial charge in [-0.2, -0.15) is 0 Å². The average Bonchev–Trinajstić information content (AvgIpc) is 3.03. The fourth-order valence-electron chi connectivity index (χ4n) is 5.37. The summed E-state index contributed by atoms with van der Waals surface area (Å²) in [5.74, 6) is 0.782. The lowest BCUT2D eigenvalue weighted by Gasteiger charge is -2.33. The number of rotatable bonds is 3. The van der Waals surface area contributed by atoms with E-state index < -0.39 is 12.0 Å².